The molecule has 8 bridgehead atoms. The Labute approximate surface area is 478 Å². The molecule has 0 unspecified atom stereocenters. The van der Waals surface area contributed by atoms with Crippen molar-refractivity contribution in [1.82, 2.24) is 39.9 Å². The number of H-pyrrole nitrogens is 2. The molecule has 2 aliphatic rings. The van der Waals surface area contributed by atoms with Crippen molar-refractivity contribution in [2.45, 2.75) is 19.6 Å². The zero-order chi connectivity index (χ0) is 53.5. The number of aromatic nitrogens is 8. The highest BCUT2D eigenvalue weighted by molar-refractivity contribution is 8.00. The SMILES string of the molecule is c1ccc(SCCOc2ccc3c(c2)-c2nc-3nc3[nH]c(nc4nc(nc5[nH]c(n2)c2ccc(OCCSc6ccccc6)cc52)-c2ccc(OCCSc5ccccc5)cc2-4)c2ccc(OCCSc4ccccc4)cc32)cc1. The molecule has 2 N–H and O–H groups in total. The normalized spacial score (nSPS) is 11.6. The minimum Gasteiger partial charge on any atom is -0.493 e. The summed E-state index contributed by atoms with van der Waals surface area (Å²) in [7, 11) is 0. The van der Waals surface area contributed by atoms with Gasteiger partial charge >= 0.3 is 0 Å². The molecule has 0 saturated heterocycles. The molecule has 3 aromatic heterocycles. The molecule has 16 heteroatoms. The average Bonchev–Trinajstić information content (AvgIpc) is 4.25. The fourth-order valence-corrected chi connectivity index (χ4v) is 12.4. The standard InChI is InChI=1S/C64H50N8O4S4/c1-5-13-45(14-6-1)77-33-29-73-41-21-25-49-53(37-41)61-65-57(49)70-62-55-39-43(75-31-35-79-47-17-9-3-10-18-47)23-27-51(55)59(67-62)72-64-56-40-44(76-32-36-80-48-19-11-4-12-20-48)24-28-52(56)60(68-64)71-63-54-38-42(22-26-50(54)58(66-63)69-61)74-30-34-78-46-15-7-2-8-16-46/h1-28,37-40H,29-36H2,(H2,65,66,67,68,69,70,71,72). The first-order valence-electron chi connectivity index (χ1n) is 26.2. The van der Waals surface area contributed by atoms with Crippen LogP contribution >= 0.6 is 47.0 Å². The third-order valence-corrected chi connectivity index (χ3v) is 17.1. The van der Waals surface area contributed by atoms with E-state index in [0.717, 1.165) is 66.8 Å². The predicted octanol–water partition coefficient (Wildman–Crippen LogP) is 15.6. The van der Waals surface area contributed by atoms with Gasteiger partial charge in [-0.3, -0.25) is 0 Å². The second-order valence-corrected chi connectivity index (χ2v) is 23.2. The molecule has 0 radical (unpaired) electrons. The van der Waals surface area contributed by atoms with Crippen LogP contribution in [0.1, 0.15) is 0 Å². The molecule has 394 valence electrons. The smallest absolute Gasteiger partial charge is 0.164 e. The lowest BCUT2D eigenvalue weighted by molar-refractivity contribution is 0.344. The lowest BCUT2D eigenvalue weighted by atomic mass is 10.1. The number of nitrogens with zero attached hydrogens (tertiary/aromatic N) is 6. The number of hydrogen-bond acceptors (Lipinski definition) is 14. The van der Waals surface area contributed by atoms with Crippen LogP contribution in [0.5, 0.6) is 23.0 Å². The zero-order valence-corrected chi connectivity index (χ0v) is 46.3. The van der Waals surface area contributed by atoms with Crippen LogP contribution in [0.3, 0.4) is 0 Å². The van der Waals surface area contributed by atoms with E-state index in [9.17, 15) is 0 Å². The number of ether oxygens (including phenoxy) is 4. The number of rotatable bonds is 20. The summed E-state index contributed by atoms with van der Waals surface area (Å²) in [6.45, 7) is 2.04. The van der Waals surface area contributed by atoms with Crippen molar-refractivity contribution in [3.8, 4) is 68.5 Å². The molecule has 0 aliphatic carbocycles. The van der Waals surface area contributed by atoms with E-state index >= 15 is 0 Å². The Balaban J connectivity index is 0.933. The Hall–Kier alpha value is -8.28. The van der Waals surface area contributed by atoms with Crippen LogP contribution in [0.4, 0.5) is 0 Å². The van der Waals surface area contributed by atoms with Crippen molar-refractivity contribution in [3.05, 3.63) is 194 Å². The van der Waals surface area contributed by atoms with Crippen LogP contribution in [-0.4, -0.2) is 89.3 Å². The summed E-state index contributed by atoms with van der Waals surface area (Å²) in [6.07, 6.45) is 0. The minimum atomic E-state index is 0.470. The summed E-state index contributed by atoms with van der Waals surface area (Å²) in [5.41, 5.74) is 5.42. The third kappa shape index (κ3) is 11.7. The minimum absolute atomic E-state index is 0.470. The Morgan fingerprint density at radius 3 is 0.900 bits per heavy atom. The summed E-state index contributed by atoms with van der Waals surface area (Å²) in [6, 6.07) is 65.4. The van der Waals surface area contributed by atoms with Gasteiger partial charge in [0, 0.05) is 86.4 Å². The van der Waals surface area contributed by atoms with E-state index in [-0.39, 0.29) is 0 Å². The van der Waals surface area contributed by atoms with Crippen LogP contribution in [0, 0.1) is 0 Å². The van der Waals surface area contributed by atoms with Crippen molar-refractivity contribution >= 4 is 91.2 Å². The van der Waals surface area contributed by atoms with Gasteiger partial charge in [-0.1, -0.05) is 72.8 Å². The van der Waals surface area contributed by atoms with Crippen LogP contribution in [0.15, 0.2) is 214 Å². The molecule has 0 amide bonds. The molecular formula is C64H50N8O4S4. The monoisotopic (exact) mass is 1120 g/mol. The number of nitrogens with one attached hydrogen (secondary N) is 2. The van der Waals surface area contributed by atoms with Crippen molar-refractivity contribution in [1.29, 1.82) is 0 Å². The first kappa shape index (κ1) is 51.2. The lowest BCUT2D eigenvalue weighted by Gasteiger charge is -2.08. The highest BCUT2D eigenvalue weighted by Crippen LogP contribution is 2.40. The van der Waals surface area contributed by atoms with Crippen LogP contribution in [-0.2, 0) is 0 Å². The summed E-state index contributed by atoms with van der Waals surface area (Å²) in [5, 5.41) is 3.28. The lowest BCUT2D eigenvalue weighted by Crippen LogP contribution is -2.00. The van der Waals surface area contributed by atoms with E-state index in [4.69, 9.17) is 48.9 Å². The highest BCUT2D eigenvalue weighted by atomic mass is 32.2. The maximum absolute atomic E-state index is 6.41. The van der Waals surface area contributed by atoms with Gasteiger partial charge in [0.1, 0.15) is 45.6 Å². The van der Waals surface area contributed by atoms with Gasteiger partial charge in [-0.2, -0.15) is 0 Å². The molecule has 11 aromatic rings. The van der Waals surface area contributed by atoms with Crippen molar-refractivity contribution in [2.75, 3.05) is 49.4 Å². The van der Waals surface area contributed by atoms with Gasteiger partial charge in [0.15, 0.2) is 23.3 Å². The number of fused-ring (bicyclic) bond motifs is 20. The van der Waals surface area contributed by atoms with Crippen LogP contribution < -0.4 is 18.9 Å². The Kier molecular flexibility index (Phi) is 15.3. The Morgan fingerprint density at radius 2 is 0.562 bits per heavy atom. The number of aromatic amines is 2. The molecule has 0 spiro atoms. The fraction of sp³-hybridized carbons (Fsp3) is 0.125. The maximum Gasteiger partial charge on any atom is 0.164 e. The second-order valence-electron chi connectivity index (χ2n) is 18.5. The first-order chi connectivity index (χ1) is 39.6. The molecule has 2 aliphatic heterocycles. The van der Waals surface area contributed by atoms with E-state index in [1.54, 1.807) is 47.0 Å². The second kappa shape index (κ2) is 24.0. The van der Waals surface area contributed by atoms with Gasteiger partial charge in [-0.15, -0.1) is 47.0 Å². The van der Waals surface area contributed by atoms with Crippen molar-refractivity contribution in [2.24, 2.45) is 0 Å². The van der Waals surface area contributed by atoms with Gasteiger partial charge in [0.25, 0.3) is 0 Å². The third-order valence-electron chi connectivity index (χ3n) is 13.2. The van der Waals surface area contributed by atoms with E-state index < -0.39 is 0 Å². The van der Waals surface area contributed by atoms with E-state index in [2.05, 4.69) is 58.5 Å². The average molecular weight is 1120 g/mol. The summed E-state index contributed by atoms with van der Waals surface area (Å²) >= 11 is 7.01. The number of hydrogen-bond donors (Lipinski definition) is 2. The zero-order valence-electron chi connectivity index (χ0n) is 43.1. The molecule has 12 nitrogen and oxygen atoms in total. The first-order valence-corrected chi connectivity index (χ1v) is 30.2. The molecule has 80 heavy (non-hydrogen) atoms. The van der Waals surface area contributed by atoms with Crippen molar-refractivity contribution < 1.29 is 18.9 Å². The number of benzene rings is 8. The molecular weight excluding hydrogens is 1070 g/mol. The molecule has 5 heterocycles. The quantitative estimate of drug-likeness (QED) is 0.0551. The van der Waals surface area contributed by atoms with Gasteiger partial charge in [-0.05, 0) is 121 Å². The predicted molar refractivity (Wildman–Crippen MR) is 327 cm³/mol. The molecule has 0 saturated carbocycles. The molecule has 8 aromatic carbocycles. The summed E-state index contributed by atoms with van der Waals surface area (Å²) in [5.74, 6) is 7.84. The van der Waals surface area contributed by atoms with Crippen LogP contribution in [0.25, 0.3) is 89.7 Å². The molecule has 0 fully saturated rings. The summed E-state index contributed by atoms with van der Waals surface area (Å²) in [4.78, 5) is 43.7. The van der Waals surface area contributed by atoms with Gasteiger partial charge in [0.2, 0.25) is 0 Å². The highest BCUT2D eigenvalue weighted by Gasteiger charge is 2.24. The Bertz CT molecular complexity index is 3900. The van der Waals surface area contributed by atoms with Crippen LogP contribution in [0.2, 0.25) is 0 Å². The molecule has 0 atom stereocenters. The summed E-state index contributed by atoms with van der Waals surface area (Å²) < 4.78 is 25.6. The van der Waals surface area contributed by atoms with E-state index in [1.165, 1.54) is 19.6 Å². The molecule has 13 rings (SSSR count). The van der Waals surface area contributed by atoms with E-state index in [0.29, 0.717) is 95.3 Å². The van der Waals surface area contributed by atoms with Gasteiger partial charge in [0.05, 0.1) is 26.4 Å². The Morgan fingerprint density at radius 1 is 0.275 bits per heavy atom. The largest absolute Gasteiger partial charge is 0.493 e. The maximum atomic E-state index is 6.41. The van der Waals surface area contributed by atoms with Gasteiger partial charge < -0.3 is 28.9 Å². The van der Waals surface area contributed by atoms with Crippen molar-refractivity contribution in [3.63, 3.8) is 0 Å². The topological polar surface area (TPSA) is 146 Å². The number of thioether (sulfide) groups is 4. The fourth-order valence-electron chi connectivity index (χ4n) is 9.41. The van der Waals surface area contributed by atoms with E-state index in [1.807, 2.05) is 146 Å². The van der Waals surface area contributed by atoms with Gasteiger partial charge in [-0.25, -0.2) is 29.9 Å².